The van der Waals surface area contributed by atoms with Gasteiger partial charge in [-0.2, -0.15) is 4.31 Å². The monoisotopic (exact) mass is 246 g/mol. The second-order valence-corrected chi connectivity index (χ2v) is 5.06. The van der Waals surface area contributed by atoms with Gasteiger partial charge in [-0.1, -0.05) is 6.08 Å². The van der Waals surface area contributed by atoms with Gasteiger partial charge in [-0.05, 0) is 6.92 Å². The van der Waals surface area contributed by atoms with Crippen LogP contribution in [0.3, 0.4) is 0 Å². The minimum absolute atomic E-state index is 0.130. The molecule has 0 aromatic rings. The third-order valence-electron chi connectivity index (χ3n) is 0.854. The van der Waals surface area contributed by atoms with E-state index >= 15 is 0 Å². The molecule has 7 nitrogen and oxygen atoms in total. The zero-order chi connectivity index (χ0) is 11.2. The summed E-state index contributed by atoms with van der Waals surface area (Å²) in [5, 5.41) is 0. The van der Waals surface area contributed by atoms with Crippen LogP contribution in [0.15, 0.2) is 12.7 Å². The Hall–Kier alpha value is -0.0000000000000000416. The number of phosphoric ester groups is 2. The van der Waals surface area contributed by atoms with Crippen molar-refractivity contribution < 1.29 is 32.3 Å². The van der Waals surface area contributed by atoms with Gasteiger partial charge in [0.2, 0.25) is 0 Å². The van der Waals surface area contributed by atoms with Crippen LogP contribution in [0.5, 0.6) is 0 Å². The predicted octanol–water partition coefficient (Wildman–Crippen LogP) is 1.44. The fourth-order valence-electron chi connectivity index (χ4n) is 0.488. The summed E-state index contributed by atoms with van der Waals surface area (Å²) in [6.07, 6.45) is 1.19. The standard InChI is InChI=1S/C5H12O7P2/c1-3-5-11-14(8,9)12-13(6,7)10-4-2/h3H,1,4-5H2,2H3,(H,6,7)(H,8,9). The van der Waals surface area contributed by atoms with Gasteiger partial charge < -0.3 is 9.79 Å². The molecule has 0 aliphatic rings. The highest BCUT2D eigenvalue weighted by Gasteiger charge is 2.34. The van der Waals surface area contributed by atoms with Crippen LogP contribution in [0.25, 0.3) is 0 Å². The first-order valence-electron chi connectivity index (χ1n) is 3.60. The van der Waals surface area contributed by atoms with E-state index in [0.717, 1.165) is 0 Å². The molecule has 0 amide bonds. The first-order valence-corrected chi connectivity index (χ1v) is 6.59. The zero-order valence-electron chi connectivity index (χ0n) is 7.53. The van der Waals surface area contributed by atoms with Gasteiger partial charge in [0.05, 0.1) is 13.2 Å². The fourth-order valence-corrected chi connectivity index (χ4v) is 2.53. The summed E-state index contributed by atoms with van der Waals surface area (Å²) in [7, 11) is -9.10. The summed E-state index contributed by atoms with van der Waals surface area (Å²) >= 11 is 0. The molecule has 0 bridgehead atoms. The molecule has 0 aliphatic carbocycles. The van der Waals surface area contributed by atoms with Crippen LogP contribution in [-0.2, 0) is 22.5 Å². The van der Waals surface area contributed by atoms with Crippen molar-refractivity contribution in [2.45, 2.75) is 6.92 Å². The molecule has 0 aromatic carbocycles. The molecule has 0 spiro atoms. The van der Waals surface area contributed by atoms with Crippen LogP contribution in [0.2, 0.25) is 0 Å². The highest BCUT2D eigenvalue weighted by molar-refractivity contribution is 7.61. The second kappa shape index (κ2) is 5.78. The van der Waals surface area contributed by atoms with Gasteiger partial charge in [-0.15, -0.1) is 6.58 Å². The van der Waals surface area contributed by atoms with E-state index in [2.05, 4.69) is 19.9 Å². The van der Waals surface area contributed by atoms with Crippen molar-refractivity contribution in [2.24, 2.45) is 0 Å². The molecule has 14 heavy (non-hydrogen) atoms. The predicted molar refractivity (Wildman–Crippen MR) is 48.5 cm³/mol. The van der Waals surface area contributed by atoms with Crippen molar-refractivity contribution in [3.63, 3.8) is 0 Å². The number of phosphoric acid groups is 2. The van der Waals surface area contributed by atoms with Gasteiger partial charge in [-0.3, -0.25) is 9.05 Å². The Kier molecular flexibility index (Phi) is 5.78. The lowest BCUT2D eigenvalue weighted by molar-refractivity contribution is 0.166. The summed E-state index contributed by atoms with van der Waals surface area (Å²) in [5.41, 5.74) is 0. The van der Waals surface area contributed by atoms with E-state index in [1.807, 2.05) is 0 Å². The normalized spacial score (nSPS) is 19.6. The van der Waals surface area contributed by atoms with Crippen LogP contribution < -0.4 is 0 Å². The van der Waals surface area contributed by atoms with Crippen LogP contribution in [0.4, 0.5) is 0 Å². The van der Waals surface area contributed by atoms with Crippen molar-refractivity contribution in [3.8, 4) is 0 Å². The van der Waals surface area contributed by atoms with Gasteiger partial charge in [0.1, 0.15) is 0 Å². The molecule has 2 unspecified atom stereocenters. The minimum Gasteiger partial charge on any atom is -0.302 e. The number of hydrogen-bond donors (Lipinski definition) is 2. The molecule has 84 valence electrons. The molecule has 0 fully saturated rings. The third-order valence-corrected chi connectivity index (χ3v) is 3.56. The number of rotatable bonds is 7. The van der Waals surface area contributed by atoms with Crippen LogP contribution in [-0.4, -0.2) is 23.0 Å². The summed E-state index contributed by atoms with van der Waals surface area (Å²) in [4.78, 5) is 17.7. The molecule has 2 atom stereocenters. The summed E-state index contributed by atoms with van der Waals surface area (Å²) in [5.74, 6) is 0. The topological polar surface area (TPSA) is 102 Å². The molecule has 2 N–H and O–H groups in total. The van der Waals surface area contributed by atoms with Gasteiger partial charge in [0, 0.05) is 0 Å². The summed E-state index contributed by atoms with van der Waals surface area (Å²) in [6, 6.07) is 0. The molecule has 9 heteroatoms. The maximum atomic E-state index is 10.9. The number of hydrogen-bond acceptors (Lipinski definition) is 5. The molecule has 0 aliphatic heterocycles. The smallest absolute Gasteiger partial charge is 0.302 e. The third kappa shape index (κ3) is 6.45. The van der Waals surface area contributed by atoms with E-state index in [1.165, 1.54) is 13.0 Å². The SMILES string of the molecule is C=CCOP(=O)(O)OP(=O)(O)OCC. The molecule has 0 heterocycles. The summed E-state index contributed by atoms with van der Waals surface area (Å²) < 4.78 is 34.1. The van der Waals surface area contributed by atoms with E-state index in [0.29, 0.717) is 0 Å². The Labute approximate surface area is 81.5 Å². The average molecular weight is 246 g/mol. The van der Waals surface area contributed by atoms with Crippen LogP contribution in [0, 0.1) is 0 Å². The van der Waals surface area contributed by atoms with E-state index in [4.69, 9.17) is 9.79 Å². The molecule has 0 radical (unpaired) electrons. The Balaban J connectivity index is 4.26. The maximum Gasteiger partial charge on any atom is 0.481 e. The quantitative estimate of drug-likeness (QED) is 0.517. The van der Waals surface area contributed by atoms with E-state index in [1.54, 1.807) is 0 Å². The lowest BCUT2D eigenvalue weighted by atomic mass is 10.7. The summed E-state index contributed by atoms with van der Waals surface area (Å²) in [6.45, 7) is 4.24. The van der Waals surface area contributed by atoms with Crippen LogP contribution in [0.1, 0.15) is 6.92 Å². The zero-order valence-corrected chi connectivity index (χ0v) is 9.32. The first-order chi connectivity index (χ1) is 6.33. The minimum atomic E-state index is -4.57. The first kappa shape index (κ1) is 14.0. The average Bonchev–Trinajstić information content (AvgIpc) is 1.98. The van der Waals surface area contributed by atoms with Crippen LogP contribution >= 0.6 is 15.6 Å². The van der Waals surface area contributed by atoms with Crippen molar-refractivity contribution in [1.82, 2.24) is 0 Å². The van der Waals surface area contributed by atoms with Gasteiger partial charge >= 0.3 is 15.6 Å². The van der Waals surface area contributed by atoms with Gasteiger partial charge in [0.15, 0.2) is 0 Å². The second-order valence-electron chi connectivity index (χ2n) is 2.02. The Morgan fingerprint density at radius 1 is 1.29 bits per heavy atom. The Bertz CT molecular complexity index is 275. The molecular formula is C5H12O7P2. The molecule has 0 saturated heterocycles. The maximum absolute atomic E-state index is 10.9. The molecular weight excluding hydrogens is 234 g/mol. The van der Waals surface area contributed by atoms with E-state index < -0.39 is 15.6 Å². The van der Waals surface area contributed by atoms with Gasteiger partial charge in [0.25, 0.3) is 0 Å². The lowest BCUT2D eigenvalue weighted by Crippen LogP contribution is -1.96. The highest BCUT2D eigenvalue weighted by Crippen LogP contribution is 2.60. The lowest BCUT2D eigenvalue weighted by Gasteiger charge is -2.14. The van der Waals surface area contributed by atoms with Crippen molar-refractivity contribution in [2.75, 3.05) is 13.2 Å². The Morgan fingerprint density at radius 3 is 2.21 bits per heavy atom. The highest BCUT2D eigenvalue weighted by atomic mass is 31.3. The molecule has 0 rings (SSSR count). The van der Waals surface area contributed by atoms with E-state index in [9.17, 15) is 9.13 Å². The molecule has 0 aromatic heterocycles. The fraction of sp³-hybridized carbons (Fsp3) is 0.600. The van der Waals surface area contributed by atoms with Crippen molar-refractivity contribution in [3.05, 3.63) is 12.7 Å². The van der Waals surface area contributed by atoms with Crippen molar-refractivity contribution in [1.29, 1.82) is 0 Å². The Morgan fingerprint density at radius 2 is 1.79 bits per heavy atom. The van der Waals surface area contributed by atoms with E-state index in [-0.39, 0.29) is 13.2 Å². The van der Waals surface area contributed by atoms with Gasteiger partial charge in [-0.25, -0.2) is 9.13 Å². The largest absolute Gasteiger partial charge is 0.481 e. The van der Waals surface area contributed by atoms with Crippen molar-refractivity contribution >= 4 is 15.6 Å². The molecule has 0 saturated carbocycles.